The van der Waals surface area contributed by atoms with E-state index >= 15 is 0 Å². The zero-order chi connectivity index (χ0) is 12.2. The third-order valence-electron chi connectivity index (χ3n) is 3.61. The summed E-state index contributed by atoms with van der Waals surface area (Å²) >= 11 is 0. The summed E-state index contributed by atoms with van der Waals surface area (Å²) in [6.45, 7) is 12.6. The number of aliphatic hydroxyl groups is 1. The van der Waals surface area contributed by atoms with Gasteiger partial charge in [-0.3, -0.25) is 4.90 Å². The number of hydrogen-bond acceptors (Lipinski definition) is 3. The molecule has 3 nitrogen and oxygen atoms in total. The highest BCUT2D eigenvalue weighted by atomic mass is 16.3. The van der Waals surface area contributed by atoms with E-state index in [1.54, 1.807) is 0 Å². The van der Waals surface area contributed by atoms with E-state index in [0.29, 0.717) is 12.1 Å². The zero-order valence-corrected chi connectivity index (χ0v) is 11.3. The number of likely N-dealkylation sites (tertiary alicyclic amines) is 1. The normalized spacial score (nSPS) is 23.2. The monoisotopic (exact) mass is 228 g/mol. The van der Waals surface area contributed by atoms with Crippen molar-refractivity contribution in [1.29, 1.82) is 0 Å². The van der Waals surface area contributed by atoms with E-state index < -0.39 is 0 Å². The van der Waals surface area contributed by atoms with Crippen molar-refractivity contribution in [3.63, 3.8) is 0 Å². The first-order chi connectivity index (χ1) is 7.44. The van der Waals surface area contributed by atoms with Gasteiger partial charge in [-0.2, -0.15) is 0 Å². The van der Waals surface area contributed by atoms with Gasteiger partial charge in [0.15, 0.2) is 0 Å². The van der Waals surface area contributed by atoms with Crippen LogP contribution in [0.2, 0.25) is 0 Å². The van der Waals surface area contributed by atoms with Gasteiger partial charge in [0.2, 0.25) is 0 Å². The first-order valence-corrected chi connectivity index (χ1v) is 6.53. The highest BCUT2D eigenvalue weighted by Gasteiger charge is 2.25. The van der Waals surface area contributed by atoms with Crippen LogP contribution >= 0.6 is 0 Å². The maximum Gasteiger partial charge on any atom is 0.0436 e. The molecule has 1 heterocycles. The number of nitrogens with one attached hydrogen (secondary N) is 1. The average molecular weight is 228 g/mol. The molecular weight excluding hydrogens is 200 g/mol. The molecule has 2 N–H and O–H groups in total. The van der Waals surface area contributed by atoms with Crippen molar-refractivity contribution >= 4 is 0 Å². The van der Waals surface area contributed by atoms with Crippen LogP contribution in [0.3, 0.4) is 0 Å². The van der Waals surface area contributed by atoms with Crippen molar-refractivity contribution in [2.75, 3.05) is 26.2 Å². The number of aliphatic hydroxyl groups excluding tert-OH is 1. The molecule has 0 aromatic heterocycles. The third-order valence-corrected chi connectivity index (χ3v) is 3.61. The minimum atomic E-state index is 0.208. The minimum absolute atomic E-state index is 0.208. The second-order valence-corrected chi connectivity index (χ2v) is 6.09. The van der Waals surface area contributed by atoms with Crippen LogP contribution in [0.25, 0.3) is 0 Å². The summed E-state index contributed by atoms with van der Waals surface area (Å²) in [4.78, 5) is 2.52. The van der Waals surface area contributed by atoms with Crippen LogP contribution in [0.15, 0.2) is 0 Å². The van der Waals surface area contributed by atoms with Gasteiger partial charge in [-0.15, -0.1) is 0 Å². The Bertz CT molecular complexity index is 204. The SMILES string of the molecule is CC(C)N1CCC(NCC(C)(C)CCO)C1. The summed E-state index contributed by atoms with van der Waals surface area (Å²) in [5.41, 5.74) is 0.208. The first kappa shape index (κ1) is 13.9. The number of rotatable bonds is 6. The second kappa shape index (κ2) is 5.99. The molecule has 1 aliphatic heterocycles. The lowest BCUT2D eigenvalue weighted by atomic mass is 9.89. The van der Waals surface area contributed by atoms with Crippen LogP contribution in [0.5, 0.6) is 0 Å². The Morgan fingerprint density at radius 1 is 1.44 bits per heavy atom. The maximum atomic E-state index is 8.97. The van der Waals surface area contributed by atoms with Crippen molar-refractivity contribution < 1.29 is 5.11 Å². The number of hydrogen-bond donors (Lipinski definition) is 2. The Labute approximate surface area is 100 Å². The Hall–Kier alpha value is -0.120. The molecule has 0 bridgehead atoms. The third kappa shape index (κ3) is 4.40. The smallest absolute Gasteiger partial charge is 0.0436 e. The quantitative estimate of drug-likeness (QED) is 0.722. The molecule has 96 valence electrons. The number of nitrogens with zero attached hydrogens (tertiary/aromatic N) is 1. The second-order valence-electron chi connectivity index (χ2n) is 6.09. The molecule has 1 atom stereocenters. The molecule has 1 rings (SSSR count). The molecule has 0 aromatic rings. The van der Waals surface area contributed by atoms with Crippen molar-refractivity contribution in [2.45, 2.75) is 52.6 Å². The van der Waals surface area contributed by atoms with Gasteiger partial charge >= 0.3 is 0 Å². The molecule has 3 heteroatoms. The van der Waals surface area contributed by atoms with Crippen LogP contribution < -0.4 is 5.32 Å². The molecule has 1 fully saturated rings. The molecule has 1 saturated heterocycles. The van der Waals surface area contributed by atoms with Crippen LogP contribution in [0, 0.1) is 5.41 Å². The van der Waals surface area contributed by atoms with Crippen LogP contribution in [-0.2, 0) is 0 Å². The summed E-state index contributed by atoms with van der Waals surface area (Å²) in [6.07, 6.45) is 2.13. The van der Waals surface area contributed by atoms with Crippen molar-refractivity contribution in [3.8, 4) is 0 Å². The lowest BCUT2D eigenvalue weighted by Gasteiger charge is -2.27. The molecule has 0 radical (unpaired) electrons. The molecule has 0 aliphatic carbocycles. The van der Waals surface area contributed by atoms with E-state index in [4.69, 9.17) is 5.11 Å². The maximum absolute atomic E-state index is 8.97. The van der Waals surface area contributed by atoms with Gasteiger partial charge in [0.05, 0.1) is 0 Å². The highest BCUT2D eigenvalue weighted by Crippen LogP contribution is 2.20. The molecule has 1 unspecified atom stereocenters. The van der Waals surface area contributed by atoms with Gasteiger partial charge in [0, 0.05) is 31.8 Å². The fraction of sp³-hybridized carbons (Fsp3) is 1.00. The molecule has 1 aliphatic rings. The summed E-state index contributed by atoms with van der Waals surface area (Å²) < 4.78 is 0. The molecular formula is C13H28N2O. The van der Waals surface area contributed by atoms with Gasteiger partial charge in [-0.25, -0.2) is 0 Å². The van der Waals surface area contributed by atoms with Crippen molar-refractivity contribution in [3.05, 3.63) is 0 Å². The molecule has 0 aromatic carbocycles. The van der Waals surface area contributed by atoms with E-state index in [-0.39, 0.29) is 12.0 Å². The summed E-state index contributed by atoms with van der Waals surface area (Å²) in [6, 6.07) is 1.30. The summed E-state index contributed by atoms with van der Waals surface area (Å²) in [7, 11) is 0. The highest BCUT2D eigenvalue weighted by molar-refractivity contribution is 4.84. The predicted octanol–water partition coefficient (Wildman–Crippen LogP) is 1.47. The van der Waals surface area contributed by atoms with E-state index in [1.165, 1.54) is 19.5 Å². The topological polar surface area (TPSA) is 35.5 Å². The fourth-order valence-corrected chi connectivity index (χ4v) is 2.23. The van der Waals surface area contributed by atoms with Gasteiger partial charge in [0.25, 0.3) is 0 Å². The Balaban J connectivity index is 2.24. The molecule has 16 heavy (non-hydrogen) atoms. The standard InChI is InChI=1S/C13H28N2O/c1-11(2)15-7-5-12(9-15)14-10-13(3,4)6-8-16/h11-12,14,16H,5-10H2,1-4H3. The fourth-order valence-electron chi connectivity index (χ4n) is 2.23. The van der Waals surface area contributed by atoms with Gasteiger partial charge in [-0.1, -0.05) is 13.8 Å². The van der Waals surface area contributed by atoms with Crippen LogP contribution in [0.4, 0.5) is 0 Å². The van der Waals surface area contributed by atoms with Crippen molar-refractivity contribution in [2.24, 2.45) is 5.41 Å². The Morgan fingerprint density at radius 2 is 2.12 bits per heavy atom. The van der Waals surface area contributed by atoms with E-state index in [2.05, 4.69) is 37.9 Å². The Kier molecular flexibility index (Phi) is 5.22. The van der Waals surface area contributed by atoms with E-state index in [0.717, 1.165) is 13.0 Å². The summed E-state index contributed by atoms with van der Waals surface area (Å²) in [5.74, 6) is 0. The zero-order valence-electron chi connectivity index (χ0n) is 11.3. The average Bonchev–Trinajstić information content (AvgIpc) is 2.63. The van der Waals surface area contributed by atoms with Crippen LogP contribution in [0.1, 0.15) is 40.5 Å². The van der Waals surface area contributed by atoms with E-state index in [1.807, 2.05) is 0 Å². The van der Waals surface area contributed by atoms with Gasteiger partial charge < -0.3 is 10.4 Å². The molecule has 0 amide bonds. The molecule has 0 spiro atoms. The first-order valence-electron chi connectivity index (χ1n) is 6.53. The van der Waals surface area contributed by atoms with Crippen molar-refractivity contribution in [1.82, 2.24) is 10.2 Å². The Morgan fingerprint density at radius 3 is 2.62 bits per heavy atom. The van der Waals surface area contributed by atoms with Crippen LogP contribution in [-0.4, -0.2) is 48.3 Å². The largest absolute Gasteiger partial charge is 0.396 e. The minimum Gasteiger partial charge on any atom is -0.396 e. The molecule has 0 saturated carbocycles. The lowest BCUT2D eigenvalue weighted by molar-refractivity contribution is 0.201. The van der Waals surface area contributed by atoms with Gasteiger partial charge in [0.1, 0.15) is 0 Å². The summed E-state index contributed by atoms with van der Waals surface area (Å²) in [5, 5.41) is 12.6. The van der Waals surface area contributed by atoms with E-state index in [9.17, 15) is 0 Å². The van der Waals surface area contributed by atoms with Gasteiger partial charge in [-0.05, 0) is 38.6 Å². The lowest BCUT2D eigenvalue weighted by Crippen LogP contribution is -2.40. The predicted molar refractivity (Wildman–Crippen MR) is 68.6 cm³/mol.